The molecule has 0 fully saturated rings. The summed E-state index contributed by atoms with van der Waals surface area (Å²) in [6, 6.07) is 16.9. The topological polar surface area (TPSA) is 35.2 Å². The lowest BCUT2D eigenvalue weighted by molar-refractivity contribution is 0.214. The summed E-state index contributed by atoms with van der Waals surface area (Å²) >= 11 is 5.98. The Morgan fingerprint density at radius 1 is 0.938 bits per heavy atom. The summed E-state index contributed by atoms with van der Waals surface area (Å²) in [5.74, 6) is 0.598. The Hall–Kier alpha value is -1.51. The van der Waals surface area contributed by atoms with Gasteiger partial charge >= 0.3 is 0 Å². The van der Waals surface area contributed by atoms with Gasteiger partial charge in [0.1, 0.15) is 5.75 Å². The molecule has 2 rings (SSSR count). The van der Waals surface area contributed by atoms with E-state index < -0.39 is 6.23 Å². The highest BCUT2D eigenvalue weighted by Crippen LogP contribution is 2.26. The van der Waals surface area contributed by atoms with Crippen molar-refractivity contribution in [3.05, 3.63) is 65.2 Å². The molecule has 16 heavy (non-hydrogen) atoms. The Morgan fingerprint density at radius 3 is 2.25 bits per heavy atom. The molecular weight excluding hydrogens is 222 g/mol. The van der Waals surface area contributed by atoms with Crippen LogP contribution in [0.5, 0.6) is 5.75 Å². The molecule has 1 unspecified atom stereocenters. The maximum Gasteiger partial charge on any atom is 0.174 e. The van der Waals surface area contributed by atoms with Crippen molar-refractivity contribution >= 4 is 11.6 Å². The first-order valence-corrected chi connectivity index (χ1v) is 5.37. The van der Waals surface area contributed by atoms with Crippen LogP contribution < -0.4 is 10.5 Å². The molecule has 0 aromatic heterocycles. The molecule has 0 aliphatic heterocycles. The minimum Gasteiger partial charge on any atom is -0.470 e. The summed E-state index contributed by atoms with van der Waals surface area (Å²) in [6.07, 6.45) is -0.499. The van der Waals surface area contributed by atoms with Gasteiger partial charge in [0.2, 0.25) is 0 Å². The third-order valence-corrected chi connectivity index (χ3v) is 2.53. The van der Waals surface area contributed by atoms with Crippen molar-refractivity contribution in [3.63, 3.8) is 0 Å². The van der Waals surface area contributed by atoms with Crippen molar-refractivity contribution in [2.75, 3.05) is 0 Å². The lowest BCUT2D eigenvalue weighted by atomic mass is 10.2. The quantitative estimate of drug-likeness (QED) is 0.825. The molecule has 2 nitrogen and oxygen atoms in total. The van der Waals surface area contributed by atoms with Gasteiger partial charge in [-0.2, -0.15) is 0 Å². The summed E-state index contributed by atoms with van der Waals surface area (Å²) in [5, 5.41) is 0.564. The van der Waals surface area contributed by atoms with E-state index in [2.05, 4.69) is 0 Å². The zero-order valence-electron chi connectivity index (χ0n) is 8.64. The number of hydrogen-bond donors (Lipinski definition) is 1. The van der Waals surface area contributed by atoms with E-state index in [0.29, 0.717) is 10.8 Å². The van der Waals surface area contributed by atoms with Crippen LogP contribution in [0.15, 0.2) is 54.6 Å². The van der Waals surface area contributed by atoms with Crippen molar-refractivity contribution in [2.45, 2.75) is 6.23 Å². The van der Waals surface area contributed by atoms with E-state index in [-0.39, 0.29) is 0 Å². The Labute approximate surface area is 99.6 Å². The fraction of sp³-hybridized carbons (Fsp3) is 0.0769. The van der Waals surface area contributed by atoms with E-state index in [1.165, 1.54) is 0 Å². The van der Waals surface area contributed by atoms with E-state index in [1.54, 1.807) is 12.1 Å². The molecule has 0 aliphatic carbocycles. The largest absolute Gasteiger partial charge is 0.470 e. The van der Waals surface area contributed by atoms with E-state index in [4.69, 9.17) is 22.1 Å². The van der Waals surface area contributed by atoms with E-state index in [1.807, 2.05) is 42.5 Å². The molecular formula is C13H12ClNO. The van der Waals surface area contributed by atoms with Crippen LogP contribution in [-0.2, 0) is 0 Å². The van der Waals surface area contributed by atoms with E-state index >= 15 is 0 Å². The van der Waals surface area contributed by atoms with Crippen LogP contribution in [0.2, 0.25) is 5.02 Å². The van der Waals surface area contributed by atoms with Gasteiger partial charge in [-0.1, -0.05) is 54.1 Å². The summed E-state index contributed by atoms with van der Waals surface area (Å²) in [7, 11) is 0. The van der Waals surface area contributed by atoms with Crippen LogP contribution in [0.1, 0.15) is 11.8 Å². The Bertz CT molecular complexity index is 458. The number of ether oxygens (including phenoxy) is 1. The second kappa shape index (κ2) is 5.01. The Morgan fingerprint density at radius 2 is 1.56 bits per heavy atom. The van der Waals surface area contributed by atoms with Gasteiger partial charge in [0.15, 0.2) is 6.23 Å². The summed E-state index contributed by atoms with van der Waals surface area (Å²) in [6.45, 7) is 0. The van der Waals surface area contributed by atoms with Gasteiger partial charge in [-0.25, -0.2) is 0 Å². The van der Waals surface area contributed by atoms with Crippen LogP contribution in [0.25, 0.3) is 0 Å². The molecule has 2 aromatic carbocycles. The van der Waals surface area contributed by atoms with Gasteiger partial charge in [0, 0.05) is 5.56 Å². The third-order valence-electron chi connectivity index (χ3n) is 2.22. The molecule has 82 valence electrons. The molecule has 0 saturated heterocycles. The van der Waals surface area contributed by atoms with Crippen LogP contribution in [0.3, 0.4) is 0 Å². The highest BCUT2D eigenvalue weighted by Gasteiger charge is 2.08. The van der Waals surface area contributed by atoms with E-state index in [0.717, 1.165) is 5.56 Å². The molecule has 2 N–H and O–H groups in total. The number of hydrogen-bond acceptors (Lipinski definition) is 2. The molecule has 0 heterocycles. The first kappa shape index (κ1) is 11.0. The fourth-order valence-corrected chi connectivity index (χ4v) is 1.57. The zero-order valence-corrected chi connectivity index (χ0v) is 9.39. The molecule has 3 heteroatoms. The molecule has 2 aromatic rings. The van der Waals surface area contributed by atoms with Crippen molar-refractivity contribution in [3.8, 4) is 5.75 Å². The number of rotatable bonds is 3. The minimum atomic E-state index is -0.499. The number of halogens is 1. The second-order valence-corrected chi connectivity index (χ2v) is 3.79. The summed E-state index contributed by atoms with van der Waals surface area (Å²) in [4.78, 5) is 0. The van der Waals surface area contributed by atoms with Crippen molar-refractivity contribution in [1.82, 2.24) is 0 Å². The average Bonchev–Trinajstić information content (AvgIpc) is 2.33. The van der Waals surface area contributed by atoms with Crippen molar-refractivity contribution in [2.24, 2.45) is 5.73 Å². The van der Waals surface area contributed by atoms with Gasteiger partial charge in [-0.05, 0) is 12.1 Å². The highest BCUT2D eigenvalue weighted by molar-refractivity contribution is 6.32. The second-order valence-electron chi connectivity index (χ2n) is 3.38. The number of benzene rings is 2. The van der Waals surface area contributed by atoms with Crippen LogP contribution in [-0.4, -0.2) is 0 Å². The lowest BCUT2D eigenvalue weighted by Crippen LogP contribution is -2.17. The first-order chi connectivity index (χ1) is 7.77. The van der Waals surface area contributed by atoms with Gasteiger partial charge in [0.25, 0.3) is 0 Å². The molecule has 0 spiro atoms. The van der Waals surface area contributed by atoms with Crippen LogP contribution >= 0.6 is 11.6 Å². The maximum atomic E-state index is 5.98. The third kappa shape index (κ3) is 2.54. The van der Waals surface area contributed by atoms with Crippen LogP contribution in [0, 0.1) is 0 Å². The Kier molecular flexibility index (Phi) is 3.44. The van der Waals surface area contributed by atoms with Gasteiger partial charge < -0.3 is 4.74 Å². The van der Waals surface area contributed by atoms with Crippen molar-refractivity contribution < 1.29 is 4.74 Å². The number of nitrogens with two attached hydrogens (primary N) is 1. The van der Waals surface area contributed by atoms with Gasteiger partial charge in [-0.15, -0.1) is 0 Å². The van der Waals surface area contributed by atoms with Gasteiger partial charge in [-0.3, -0.25) is 5.73 Å². The molecule has 0 amide bonds. The Balaban J connectivity index is 2.14. The highest BCUT2D eigenvalue weighted by atomic mass is 35.5. The van der Waals surface area contributed by atoms with E-state index in [9.17, 15) is 0 Å². The predicted molar refractivity (Wildman–Crippen MR) is 65.5 cm³/mol. The maximum absolute atomic E-state index is 5.98. The minimum absolute atomic E-state index is 0.499. The SMILES string of the molecule is NC(Oc1ccccc1Cl)c1ccccc1. The summed E-state index contributed by atoms with van der Waals surface area (Å²) in [5.41, 5.74) is 6.83. The normalized spacial score (nSPS) is 12.1. The monoisotopic (exact) mass is 233 g/mol. The lowest BCUT2D eigenvalue weighted by Gasteiger charge is -2.15. The molecule has 0 radical (unpaired) electrons. The molecule has 0 bridgehead atoms. The number of para-hydroxylation sites is 1. The molecule has 1 atom stereocenters. The predicted octanol–water partition coefficient (Wildman–Crippen LogP) is 3.38. The van der Waals surface area contributed by atoms with Gasteiger partial charge in [0.05, 0.1) is 5.02 Å². The smallest absolute Gasteiger partial charge is 0.174 e. The fourth-order valence-electron chi connectivity index (χ4n) is 1.39. The van der Waals surface area contributed by atoms with Crippen LogP contribution in [0.4, 0.5) is 0 Å². The average molecular weight is 234 g/mol. The summed E-state index contributed by atoms with van der Waals surface area (Å²) < 4.78 is 5.58. The van der Waals surface area contributed by atoms with Crippen molar-refractivity contribution in [1.29, 1.82) is 0 Å². The zero-order chi connectivity index (χ0) is 11.4. The molecule has 0 saturated carbocycles. The first-order valence-electron chi connectivity index (χ1n) is 4.99. The standard InChI is InChI=1S/C13H12ClNO/c14-11-8-4-5-9-12(11)16-13(15)10-6-2-1-3-7-10/h1-9,13H,15H2. The molecule has 0 aliphatic rings.